The summed E-state index contributed by atoms with van der Waals surface area (Å²) in [6.45, 7) is 0.317. The lowest BCUT2D eigenvalue weighted by atomic mass is 10.1. The number of methoxy groups -OCH3 is 2. The molecule has 0 aliphatic carbocycles. The van der Waals surface area contributed by atoms with E-state index in [4.69, 9.17) is 5.11 Å². The molecule has 0 unspecified atom stereocenters. The molecule has 0 radical (unpaired) electrons. The molecule has 0 atom stereocenters. The second-order valence-corrected chi connectivity index (χ2v) is 27.6. The minimum absolute atomic E-state index is 0.139. The molecule has 11 heteroatoms. The fourth-order valence-corrected chi connectivity index (χ4v) is 8.13. The van der Waals surface area contributed by atoms with E-state index < -0.39 is 7.92 Å². The van der Waals surface area contributed by atoms with Crippen LogP contribution in [-0.2, 0) is 19.1 Å². The Hall–Kier alpha value is -1.49. The summed E-state index contributed by atoms with van der Waals surface area (Å²) in [6, 6.07) is 32.3. The van der Waals surface area contributed by atoms with E-state index in [1.54, 1.807) is 0 Å². The van der Waals surface area contributed by atoms with Gasteiger partial charge in [0.1, 0.15) is 0 Å². The van der Waals surface area contributed by atoms with Crippen LogP contribution in [0.15, 0.2) is 91.0 Å². The van der Waals surface area contributed by atoms with Crippen LogP contribution in [0.25, 0.3) is 0 Å². The third-order valence-electron chi connectivity index (χ3n) is 8.51. The number of halogens is 5. The van der Waals surface area contributed by atoms with Gasteiger partial charge in [0.05, 0.1) is 14.2 Å². The summed E-state index contributed by atoms with van der Waals surface area (Å²) >= 11 is 15.9. The van der Waals surface area contributed by atoms with Gasteiger partial charge in [0.25, 0.3) is 0 Å². The number of ether oxygens (including phenoxy) is 2. The fraction of sp³-hybridized carbons (Fsp3) is 0.510. The van der Waals surface area contributed by atoms with Crippen LogP contribution in [0.3, 0.4) is 0 Å². The second-order valence-electron chi connectivity index (χ2n) is 13.5. The molecule has 3 aromatic carbocycles. The van der Waals surface area contributed by atoms with Crippen LogP contribution in [-0.4, -0.2) is 44.3 Å². The third kappa shape index (κ3) is 39.4. The third-order valence-corrected chi connectivity index (χ3v) is 11.5. The first kappa shape index (κ1) is 58.5. The van der Waals surface area contributed by atoms with Crippen LogP contribution >= 0.6 is 87.6 Å². The average molecular weight is 1170 g/mol. The summed E-state index contributed by atoms with van der Waals surface area (Å²) in [5.74, 6) is 12.2. The van der Waals surface area contributed by atoms with Gasteiger partial charge in [0.2, 0.25) is 0 Å². The number of aliphatic hydroxyl groups is 1. The maximum atomic E-state index is 10.8. The summed E-state index contributed by atoms with van der Waals surface area (Å²) < 4.78 is 8.86. The Morgan fingerprint density at radius 1 is 0.500 bits per heavy atom. The number of aliphatic hydroxyl groups excluding tert-OH is 1. The lowest BCUT2D eigenvalue weighted by Crippen LogP contribution is -2.20. The Morgan fingerprint density at radius 2 is 0.783 bits per heavy atom. The Kier molecular flexibility index (Phi) is 41.7. The smallest absolute Gasteiger partial charge is 0.305 e. The molecule has 0 bridgehead atoms. The van der Waals surface area contributed by atoms with Gasteiger partial charge in [0.15, 0.2) is 1.05 Å². The van der Waals surface area contributed by atoms with Gasteiger partial charge < -0.3 is 14.6 Å². The number of carbonyl (C=O) groups is 2. The summed E-state index contributed by atoms with van der Waals surface area (Å²) in [7, 11) is 2.39. The highest BCUT2D eigenvalue weighted by Crippen LogP contribution is 2.39. The summed E-state index contributed by atoms with van der Waals surface area (Å²) in [6.07, 6.45) is 20.8. The molecule has 3 aromatic rings. The predicted molar refractivity (Wildman–Crippen MR) is 276 cm³/mol. The summed E-state index contributed by atoms with van der Waals surface area (Å²) in [5, 5.41) is 13.9. The highest BCUT2D eigenvalue weighted by atomic mass is 80.0. The van der Waals surface area contributed by atoms with E-state index in [-0.39, 0.29) is 13.0 Å². The molecule has 0 aliphatic heterocycles. The van der Waals surface area contributed by atoms with E-state index in [1.807, 2.05) is 0 Å². The Labute approximate surface area is 406 Å². The van der Waals surface area contributed by atoms with E-state index in [0.29, 0.717) is 19.4 Å². The summed E-state index contributed by atoms with van der Waals surface area (Å²) in [5.41, 5.74) is 0. The molecule has 0 amide bonds. The van der Waals surface area contributed by atoms with Crippen molar-refractivity contribution in [3.63, 3.8) is 0 Å². The van der Waals surface area contributed by atoms with Crippen molar-refractivity contribution in [2.45, 2.75) is 129 Å². The van der Waals surface area contributed by atoms with E-state index in [1.165, 1.54) is 87.9 Å². The highest BCUT2D eigenvalue weighted by Gasteiger charge is 2.15. The quantitative estimate of drug-likeness (QED) is 0.0337. The van der Waals surface area contributed by atoms with Crippen molar-refractivity contribution in [3.8, 4) is 23.7 Å². The number of carbonyl (C=O) groups excluding carboxylic acids is 2. The number of unbranched alkanes of at least 4 members (excludes halogenated alkanes) is 14. The van der Waals surface area contributed by atoms with Crippen molar-refractivity contribution in [3.05, 3.63) is 91.0 Å². The Bertz CT molecular complexity index is 1420. The summed E-state index contributed by atoms with van der Waals surface area (Å²) in [4.78, 5) is 21.6. The van der Waals surface area contributed by atoms with Gasteiger partial charge in [-0.15, -0.1) is 23.7 Å². The normalized spacial score (nSPS) is 10.2. The molecular formula is C49H66Br5O5P. The number of esters is 2. The maximum Gasteiger partial charge on any atom is 0.305 e. The average Bonchev–Trinajstić information content (AvgIpc) is 3.25. The van der Waals surface area contributed by atoms with Crippen LogP contribution in [0.5, 0.6) is 0 Å². The maximum absolute atomic E-state index is 10.8. The molecule has 0 saturated heterocycles. The second kappa shape index (κ2) is 42.8. The zero-order valence-corrected chi connectivity index (χ0v) is 44.5. The van der Waals surface area contributed by atoms with Crippen LogP contribution in [0.2, 0.25) is 0 Å². The minimum Gasteiger partial charge on any atom is -0.469 e. The van der Waals surface area contributed by atoms with Crippen LogP contribution in [0.4, 0.5) is 0 Å². The van der Waals surface area contributed by atoms with Crippen LogP contribution < -0.4 is 15.9 Å². The first-order valence-electron chi connectivity index (χ1n) is 21.0. The van der Waals surface area contributed by atoms with E-state index in [0.717, 1.165) is 63.1 Å². The molecule has 0 aromatic heterocycles. The van der Waals surface area contributed by atoms with Crippen molar-refractivity contribution < 1.29 is 24.2 Å². The van der Waals surface area contributed by atoms with Gasteiger partial charge in [-0.3, -0.25) is 9.59 Å². The Balaban J connectivity index is 0.000000823. The number of benzene rings is 3. The van der Waals surface area contributed by atoms with E-state index in [2.05, 4.69) is 204 Å². The van der Waals surface area contributed by atoms with Crippen molar-refractivity contribution >= 4 is 115 Å². The van der Waals surface area contributed by atoms with Crippen LogP contribution in [0, 0.1) is 23.7 Å². The molecular weight excluding hydrogens is 1100 g/mol. The zero-order valence-electron chi connectivity index (χ0n) is 35.6. The van der Waals surface area contributed by atoms with Crippen molar-refractivity contribution in [2.24, 2.45) is 0 Å². The molecule has 0 aliphatic rings. The monoisotopic (exact) mass is 1160 g/mol. The highest BCUT2D eigenvalue weighted by molar-refractivity contribution is 9.52. The number of alkyl halides is 5. The van der Waals surface area contributed by atoms with Gasteiger partial charge in [-0.2, -0.15) is 0 Å². The van der Waals surface area contributed by atoms with Crippen LogP contribution in [0.1, 0.15) is 128 Å². The van der Waals surface area contributed by atoms with Crippen molar-refractivity contribution in [1.29, 1.82) is 0 Å². The van der Waals surface area contributed by atoms with Crippen molar-refractivity contribution in [1.82, 2.24) is 0 Å². The molecule has 0 spiro atoms. The lowest BCUT2D eigenvalue weighted by Gasteiger charge is -2.18. The SMILES string of the molecule is BrC(Br)(Br)Br.COC(=O)CCCC#CCCCCCCCCBr.COC(=O)CCCC#CCCCCCCCCO.c1ccc(P(c2ccccc2)c2ccccc2)cc1. The fourth-order valence-electron chi connectivity index (χ4n) is 5.43. The molecule has 3 rings (SSSR count). The van der Waals surface area contributed by atoms with Gasteiger partial charge in [-0.25, -0.2) is 0 Å². The van der Waals surface area contributed by atoms with E-state index >= 15 is 0 Å². The zero-order chi connectivity index (χ0) is 44.4. The van der Waals surface area contributed by atoms with Gasteiger partial charge in [-0.1, -0.05) is 158 Å². The molecule has 0 heterocycles. The molecule has 5 nitrogen and oxygen atoms in total. The number of rotatable bonds is 23. The first-order valence-corrected chi connectivity index (χ1v) is 26.6. The topological polar surface area (TPSA) is 72.8 Å². The van der Waals surface area contributed by atoms with Gasteiger partial charge >= 0.3 is 11.9 Å². The molecule has 0 fully saturated rings. The van der Waals surface area contributed by atoms with Gasteiger partial charge in [0, 0.05) is 50.5 Å². The number of hydrogen-bond acceptors (Lipinski definition) is 5. The minimum atomic E-state index is -0.446. The number of hydrogen-bond donors (Lipinski definition) is 1. The standard InChI is InChI=1S/C18H15P.C15H25BrO2.C15H26O3.CBr4/c1-4-10-16(11-5-1)19(17-12-6-2-7-13-17)18-14-8-3-9-15-18;2*1-18-15(17)13-11-9-7-5-3-2-4-6-8-10-12-14-16;2-1(3,4)5/h1-15H;2-4,6,8-14H2,1H3;16H,2-4,6,8-14H2,1H3;. The first-order chi connectivity index (χ1) is 29.1. The van der Waals surface area contributed by atoms with Gasteiger partial charge in [-0.05, 0) is 126 Å². The lowest BCUT2D eigenvalue weighted by molar-refractivity contribution is -0.141. The molecule has 332 valence electrons. The Morgan fingerprint density at radius 3 is 1.08 bits per heavy atom. The molecule has 1 N–H and O–H groups in total. The molecule has 60 heavy (non-hydrogen) atoms. The van der Waals surface area contributed by atoms with E-state index in [9.17, 15) is 9.59 Å². The largest absolute Gasteiger partial charge is 0.469 e. The molecule has 0 saturated carbocycles. The van der Waals surface area contributed by atoms with Crippen molar-refractivity contribution in [2.75, 3.05) is 26.2 Å². The predicted octanol–water partition coefficient (Wildman–Crippen LogP) is 14.1.